The summed E-state index contributed by atoms with van der Waals surface area (Å²) < 4.78 is 4.94. The van der Waals surface area contributed by atoms with Gasteiger partial charge in [-0.1, -0.05) is 0 Å². The molecule has 3 heterocycles. The molecule has 2 saturated heterocycles. The minimum Gasteiger partial charge on any atom is -0.375 e. The number of carbonyl (C=O) groups is 1. The molecule has 0 atom stereocenters. The van der Waals surface area contributed by atoms with Crippen LogP contribution in [0.25, 0.3) is 0 Å². The summed E-state index contributed by atoms with van der Waals surface area (Å²) in [5, 5.41) is 0. The Kier molecular flexibility index (Phi) is 5.70. The van der Waals surface area contributed by atoms with E-state index in [1.807, 2.05) is 11.8 Å². The van der Waals surface area contributed by atoms with Crippen LogP contribution in [0.5, 0.6) is 0 Å². The minimum atomic E-state index is 0.0548. The highest BCUT2D eigenvalue weighted by molar-refractivity contribution is 5.77. The van der Waals surface area contributed by atoms with Crippen LogP contribution in [0, 0.1) is 6.92 Å². The SMILES string of the molecule is COCC(=O)N1CCN(c2cc(N3CCN(C)CC3)nc(C)n2)CC1. The Hall–Kier alpha value is -1.93. The van der Waals surface area contributed by atoms with Crippen molar-refractivity contribution < 1.29 is 9.53 Å². The third-order valence-corrected chi connectivity index (χ3v) is 4.86. The molecule has 3 rings (SSSR count). The van der Waals surface area contributed by atoms with Crippen molar-refractivity contribution in [1.82, 2.24) is 19.8 Å². The maximum absolute atomic E-state index is 11.9. The molecule has 2 aliphatic heterocycles. The maximum Gasteiger partial charge on any atom is 0.248 e. The average molecular weight is 348 g/mol. The summed E-state index contributed by atoms with van der Waals surface area (Å²) in [6.07, 6.45) is 0. The normalized spacial score (nSPS) is 19.4. The van der Waals surface area contributed by atoms with Gasteiger partial charge in [-0.05, 0) is 14.0 Å². The van der Waals surface area contributed by atoms with E-state index in [-0.39, 0.29) is 12.5 Å². The number of ether oxygens (including phenoxy) is 1. The summed E-state index contributed by atoms with van der Waals surface area (Å²) in [5.74, 6) is 2.82. The fraction of sp³-hybridized carbons (Fsp3) is 0.706. The van der Waals surface area contributed by atoms with Crippen molar-refractivity contribution in [3.8, 4) is 0 Å². The molecule has 0 N–H and O–H groups in total. The largest absolute Gasteiger partial charge is 0.375 e. The van der Waals surface area contributed by atoms with E-state index in [0.29, 0.717) is 13.1 Å². The predicted molar refractivity (Wildman–Crippen MR) is 97.1 cm³/mol. The second kappa shape index (κ2) is 7.97. The topological polar surface area (TPSA) is 65.0 Å². The van der Waals surface area contributed by atoms with Gasteiger partial charge in [-0.25, -0.2) is 9.97 Å². The first-order valence-corrected chi connectivity index (χ1v) is 8.87. The van der Waals surface area contributed by atoms with Crippen molar-refractivity contribution in [2.45, 2.75) is 6.92 Å². The molecule has 1 amide bonds. The van der Waals surface area contributed by atoms with Crippen LogP contribution in [0.1, 0.15) is 5.82 Å². The van der Waals surface area contributed by atoms with Crippen LogP contribution in [-0.2, 0) is 9.53 Å². The molecule has 0 aliphatic carbocycles. The van der Waals surface area contributed by atoms with Crippen LogP contribution in [-0.4, -0.2) is 98.8 Å². The van der Waals surface area contributed by atoms with Gasteiger partial charge in [0.25, 0.3) is 0 Å². The summed E-state index contributed by atoms with van der Waals surface area (Å²) in [7, 11) is 3.70. The van der Waals surface area contributed by atoms with E-state index >= 15 is 0 Å². The Morgan fingerprint density at radius 3 is 2.04 bits per heavy atom. The number of methoxy groups -OCH3 is 1. The molecule has 1 aromatic heterocycles. The molecule has 0 saturated carbocycles. The highest BCUT2D eigenvalue weighted by atomic mass is 16.5. The van der Waals surface area contributed by atoms with E-state index in [4.69, 9.17) is 4.74 Å². The Labute approximate surface area is 149 Å². The molecule has 1 aromatic rings. The molecule has 138 valence electrons. The molecular weight excluding hydrogens is 320 g/mol. The fourth-order valence-corrected chi connectivity index (χ4v) is 3.30. The number of aryl methyl sites for hydroxylation is 1. The minimum absolute atomic E-state index is 0.0548. The van der Waals surface area contributed by atoms with Gasteiger partial charge in [0.05, 0.1) is 0 Å². The van der Waals surface area contributed by atoms with Crippen molar-refractivity contribution in [3.05, 3.63) is 11.9 Å². The van der Waals surface area contributed by atoms with Gasteiger partial charge in [-0.2, -0.15) is 0 Å². The second-order valence-electron chi connectivity index (χ2n) is 6.72. The third-order valence-electron chi connectivity index (χ3n) is 4.86. The zero-order chi connectivity index (χ0) is 17.8. The lowest BCUT2D eigenvalue weighted by atomic mass is 10.3. The number of anilines is 2. The number of nitrogens with zero attached hydrogens (tertiary/aromatic N) is 6. The lowest BCUT2D eigenvalue weighted by Crippen LogP contribution is -2.50. The highest BCUT2D eigenvalue weighted by Gasteiger charge is 2.23. The van der Waals surface area contributed by atoms with Crippen LogP contribution in [0.4, 0.5) is 11.6 Å². The van der Waals surface area contributed by atoms with E-state index in [1.165, 1.54) is 0 Å². The van der Waals surface area contributed by atoms with Gasteiger partial charge in [0.1, 0.15) is 24.1 Å². The Morgan fingerprint density at radius 2 is 1.52 bits per heavy atom. The summed E-state index contributed by atoms with van der Waals surface area (Å²) in [4.78, 5) is 29.9. The third kappa shape index (κ3) is 4.38. The fourth-order valence-electron chi connectivity index (χ4n) is 3.30. The molecule has 0 unspecified atom stereocenters. The Bertz CT molecular complexity index is 595. The molecular formula is C17H28N6O2. The van der Waals surface area contributed by atoms with E-state index in [9.17, 15) is 4.79 Å². The number of amides is 1. The van der Waals surface area contributed by atoms with E-state index < -0.39 is 0 Å². The van der Waals surface area contributed by atoms with Crippen molar-refractivity contribution >= 4 is 17.5 Å². The first-order chi connectivity index (χ1) is 12.1. The van der Waals surface area contributed by atoms with E-state index in [1.54, 1.807) is 7.11 Å². The quantitative estimate of drug-likeness (QED) is 0.749. The molecule has 0 spiro atoms. The highest BCUT2D eigenvalue weighted by Crippen LogP contribution is 2.21. The van der Waals surface area contributed by atoms with Crippen LogP contribution >= 0.6 is 0 Å². The number of aromatic nitrogens is 2. The maximum atomic E-state index is 11.9. The van der Waals surface area contributed by atoms with E-state index in [0.717, 1.165) is 56.7 Å². The molecule has 8 nitrogen and oxygen atoms in total. The molecule has 2 fully saturated rings. The number of hydrogen-bond acceptors (Lipinski definition) is 7. The summed E-state index contributed by atoms with van der Waals surface area (Å²) in [6.45, 7) is 9.17. The monoisotopic (exact) mass is 348 g/mol. The number of likely N-dealkylation sites (N-methyl/N-ethyl adjacent to an activating group) is 1. The van der Waals surface area contributed by atoms with Crippen molar-refractivity contribution in [2.75, 3.05) is 82.9 Å². The van der Waals surface area contributed by atoms with Crippen molar-refractivity contribution in [3.63, 3.8) is 0 Å². The van der Waals surface area contributed by atoms with Crippen molar-refractivity contribution in [1.29, 1.82) is 0 Å². The number of rotatable bonds is 4. The standard InChI is InChI=1S/C17H28N6O2/c1-14-18-15(21-6-4-20(2)5-7-21)12-16(19-14)22-8-10-23(11-9-22)17(24)13-25-3/h12H,4-11,13H2,1-3H3. The van der Waals surface area contributed by atoms with Crippen LogP contribution in [0.15, 0.2) is 6.07 Å². The van der Waals surface area contributed by atoms with Gasteiger partial charge in [0.2, 0.25) is 5.91 Å². The molecule has 0 bridgehead atoms. The predicted octanol–water partition coefficient (Wildman–Crippen LogP) is -0.168. The Balaban J connectivity index is 1.66. The molecule has 2 aliphatic rings. The second-order valence-corrected chi connectivity index (χ2v) is 6.72. The zero-order valence-electron chi connectivity index (χ0n) is 15.4. The van der Waals surface area contributed by atoms with Crippen molar-refractivity contribution in [2.24, 2.45) is 0 Å². The first kappa shape index (κ1) is 17.9. The van der Waals surface area contributed by atoms with Gasteiger partial charge in [-0.3, -0.25) is 4.79 Å². The number of carbonyl (C=O) groups excluding carboxylic acids is 1. The molecule has 0 radical (unpaired) electrons. The molecule has 25 heavy (non-hydrogen) atoms. The number of piperazine rings is 2. The average Bonchev–Trinajstić information content (AvgIpc) is 2.62. The van der Waals surface area contributed by atoms with Crippen LogP contribution in [0.3, 0.4) is 0 Å². The van der Waals surface area contributed by atoms with Gasteiger partial charge in [0.15, 0.2) is 0 Å². The summed E-state index contributed by atoms with van der Waals surface area (Å²) >= 11 is 0. The van der Waals surface area contributed by atoms with Crippen LogP contribution < -0.4 is 9.80 Å². The van der Waals surface area contributed by atoms with E-state index in [2.05, 4.69) is 37.8 Å². The lowest BCUT2D eigenvalue weighted by molar-refractivity contribution is -0.135. The zero-order valence-corrected chi connectivity index (χ0v) is 15.4. The van der Waals surface area contributed by atoms with Gasteiger partial charge < -0.3 is 24.3 Å². The number of hydrogen-bond donors (Lipinski definition) is 0. The summed E-state index contributed by atoms with van der Waals surface area (Å²) in [5.41, 5.74) is 0. The van der Waals surface area contributed by atoms with Crippen LogP contribution in [0.2, 0.25) is 0 Å². The molecule has 0 aromatic carbocycles. The van der Waals surface area contributed by atoms with Gasteiger partial charge in [-0.15, -0.1) is 0 Å². The van der Waals surface area contributed by atoms with Gasteiger partial charge in [0, 0.05) is 65.5 Å². The molecule has 8 heteroatoms. The summed E-state index contributed by atoms with van der Waals surface area (Å²) in [6, 6.07) is 2.09. The smallest absolute Gasteiger partial charge is 0.248 e. The van der Waals surface area contributed by atoms with Gasteiger partial charge >= 0.3 is 0 Å². The lowest BCUT2D eigenvalue weighted by Gasteiger charge is -2.36. The Morgan fingerprint density at radius 1 is 1.00 bits per heavy atom. The first-order valence-electron chi connectivity index (χ1n) is 8.87.